The molecular formula is C17H19NO2S2. The molecule has 1 amide bonds. The van der Waals surface area contributed by atoms with Crippen LogP contribution in [0, 0.1) is 0 Å². The third-order valence-electron chi connectivity index (χ3n) is 3.13. The fraction of sp³-hybridized carbons (Fsp3) is 0.294. The van der Waals surface area contributed by atoms with Crippen molar-refractivity contribution in [1.29, 1.82) is 0 Å². The number of carbonyl (C=O) groups excluding carboxylic acids is 2. The minimum Gasteiger partial charge on any atom is -0.338 e. The molecule has 2 aromatic rings. The first-order chi connectivity index (χ1) is 10.6. The van der Waals surface area contributed by atoms with E-state index in [1.54, 1.807) is 11.3 Å². The van der Waals surface area contributed by atoms with Gasteiger partial charge in [0.05, 0.1) is 0 Å². The van der Waals surface area contributed by atoms with Gasteiger partial charge in [0.2, 0.25) is 5.91 Å². The maximum atomic E-state index is 12.4. The molecule has 1 atom stereocenters. The van der Waals surface area contributed by atoms with E-state index >= 15 is 0 Å². The average Bonchev–Trinajstić information content (AvgIpc) is 3.03. The predicted molar refractivity (Wildman–Crippen MR) is 93.0 cm³/mol. The Bertz CT molecular complexity index is 596. The zero-order chi connectivity index (χ0) is 15.8. The number of hydrogen-bond acceptors (Lipinski definition) is 4. The van der Waals surface area contributed by atoms with Crippen LogP contribution >= 0.6 is 23.1 Å². The van der Waals surface area contributed by atoms with E-state index in [4.69, 9.17) is 0 Å². The Kier molecular flexibility index (Phi) is 6.68. The smallest absolute Gasteiger partial charge is 0.218 e. The van der Waals surface area contributed by atoms with Gasteiger partial charge in [-0.2, -0.15) is 11.3 Å². The molecule has 1 aromatic heterocycles. The van der Waals surface area contributed by atoms with Gasteiger partial charge in [0.1, 0.15) is 5.37 Å². The molecule has 0 bridgehead atoms. The van der Waals surface area contributed by atoms with Crippen LogP contribution in [-0.2, 0) is 21.8 Å². The Morgan fingerprint density at radius 1 is 1.18 bits per heavy atom. The van der Waals surface area contributed by atoms with Crippen LogP contribution in [0.25, 0.3) is 0 Å². The number of aryl methyl sites for hydroxylation is 1. The summed E-state index contributed by atoms with van der Waals surface area (Å²) in [6, 6.07) is 12.0. The van der Waals surface area contributed by atoms with Crippen molar-refractivity contribution in [2.75, 3.05) is 0 Å². The highest BCUT2D eigenvalue weighted by Crippen LogP contribution is 2.20. The molecule has 0 unspecified atom stereocenters. The zero-order valence-corrected chi connectivity index (χ0v) is 14.1. The van der Waals surface area contributed by atoms with Crippen molar-refractivity contribution in [2.24, 2.45) is 0 Å². The van der Waals surface area contributed by atoms with Crippen molar-refractivity contribution in [3.8, 4) is 0 Å². The molecule has 2 rings (SSSR count). The molecule has 0 radical (unpaired) electrons. The van der Waals surface area contributed by atoms with E-state index in [2.05, 4.69) is 10.7 Å². The Morgan fingerprint density at radius 2 is 1.95 bits per heavy atom. The lowest BCUT2D eigenvalue weighted by atomic mass is 10.1. The molecule has 116 valence electrons. The summed E-state index contributed by atoms with van der Waals surface area (Å²) in [5.74, 6) is 0.626. The number of thiophene rings is 1. The van der Waals surface area contributed by atoms with Crippen molar-refractivity contribution < 1.29 is 9.59 Å². The monoisotopic (exact) mass is 333 g/mol. The molecular weight excluding hydrogens is 314 g/mol. The maximum Gasteiger partial charge on any atom is 0.218 e. The summed E-state index contributed by atoms with van der Waals surface area (Å²) in [5, 5.41) is 6.36. The van der Waals surface area contributed by atoms with E-state index in [9.17, 15) is 9.59 Å². The average molecular weight is 333 g/mol. The highest BCUT2D eigenvalue weighted by Gasteiger charge is 2.19. The molecule has 22 heavy (non-hydrogen) atoms. The standard InChI is InChI=1S/C17H19NO2S2/c1-13(19)18-17(22-12-15-9-10-21-11-15)16(20)8-7-14-5-3-2-4-6-14/h2-6,9-11,17H,7-8,12H2,1H3,(H,18,19)/t17-/m0/s1. The van der Waals surface area contributed by atoms with Gasteiger partial charge in [-0.1, -0.05) is 30.3 Å². The lowest BCUT2D eigenvalue weighted by Gasteiger charge is -2.16. The first-order valence-corrected chi connectivity index (χ1v) is 9.10. The largest absolute Gasteiger partial charge is 0.338 e. The van der Waals surface area contributed by atoms with Gasteiger partial charge in [0, 0.05) is 19.1 Å². The molecule has 1 aromatic carbocycles. The van der Waals surface area contributed by atoms with Crippen molar-refractivity contribution in [3.05, 3.63) is 58.3 Å². The number of rotatable bonds is 8. The van der Waals surface area contributed by atoms with E-state index in [0.717, 1.165) is 11.3 Å². The van der Waals surface area contributed by atoms with E-state index in [1.165, 1.54) is 24.2 Å². The fourth-order valence-corrected chi connectivity index (χ4v) is 3.86. The van der Waals surface area contributed by atoms with Crippen molar-refractivity contribution in [3.63, 3.8) is 0 Å². The molecule has 5 heteroatoms. The molecule has 0 spiro atoms. The SMILES string of the molecule is CC(=O)N[C@@H](SCc1ccsc1)C(=O)CCc1ccccc1. The molecule has 0 aliphatic heterocycles. The minimum atomic E-state index is -0.471. The molecule has 0 saturated heterocycles. The highest BCUT2D eigenvalue weighted by atomic mass is 32.2. The second kappa shape index (κ2) is 8.76. The molecule has 1 N–H and O–H groups in total. The van der Waals surface area contributed by atoms with E-state index in [1.807, 2.05) is 41.8 Å². The third-order valence-corrected chi connectivity index (χ3v) is 5.07. The number of amides is 1. The van der Waals surface area contributed by atoms with Crippen LogP contribution in [-0.4, -0.2) is 17.1 Å². The molecule has 0 aliphatic carbocycles. The van der Waals surface area contributed by atoms with Gasteiger partial charge in [0.15, 0.2) is 5.78 Å². The highest BCUT2D eigenvalue weighted by molar-refractivity contribution is 7.99. The normalized spacial score (nSPS) is 11.9. The predicted octanol–water partition coefficient (Wildman–Crippen LogP) is 3.65. The minimum absolute atomic E-state index is 0.0688. The van der Waals surface area contributed by atoms with Gasteiger partial charge in [-0.15, -0.1) is 11.8 Å². The first-order valence-electron chi connectivity index (χ1n) is 7.11. The number of hydrogen-bond donors (Lipinski definition) is 1. The molecule has 0 fully saturated rings. The quantitative estimate of drug-likeness (QED) is 0.750. The number of thioether (sulfide) groups is 1. The van der Waals surface area contributed by atoms with E-state index in [-0.39, 0.29) is 11.7 Å². The first kappa shape index (κ1) is 16.8. The zero-order valence-electron chi connectivity index (χ0n) is 12.5. The Balaban J connectivity index is 1.89. The second-order valence-corrected chi connectivity index (χ2v) is 6.85. The summed E-state index contributed by atoms with van der Waals surface area (Å²) in [5.41, 5.74) is 2.32. The van der Waals surface area contributed by atoms with Crippen LogP contribution in [0.1, 0.15) is 24.5 Å². The number of nitrogens with one attached hydrogen (secondary N) is 1. The second-order valence-electron chi connectivity index (χ2n) is 4.98. The van der Waals surface area contributed by atoms with Gasteiger partial charge in [-0.3, -0.25) is 9.59 Å². The summed E-state index contributed by atoms with van der Waals surface area (Å²) in [6.07, 6.45) is 1.14. The van der Waals surface area contributed by atoms with Gasteiger partial charge in [-0.25, -0.2) is 0 Å². The lowest BCUT2D eigenvalue weighted by molar-refractivity contribution is -0.124. The van der Waals surface area contributed by atoms with Crippen LogP contribution in [0.15, 0.2) is 47.2 Å². The number of Topliss-reactive ketones (excluding diaryl/α,β-unsaturated/α-hetero) is 1. The topological polar surface area (TPSA) is 46.2 Å². The van der Waals surface area contributed by atoms with E-state index < -0.39 is 5.37 Å². The van der Waals surface area contributed by atoms with Gasteiger partial charge in [-0.05, 0) is 34.4 Å². The van der Waals surface area contributed by atoms with Crippen LogP contribution < -0.4 is 5.32 Å². The molecule has 1 heterocycles. The van der Waals surface area contributed by atoms with Crippen LogP contribution in [0.2, 0.25) is 0 Å². The Labute approximate surface area is 139 Å². The number of benzene rings is 1. The fourth-order valence-electron chi connectivity index (χ4n) is 2.00. The van der Waals surface area contributed by atoms with Crippen molar-refractivity contribution >= 4 is 34.8 Å². The summed E-state index contributed by atoms with van der Waals surface area (Å²) >= 11 is 3.11. The molecule has 0 aliphatic rings. The van der Waals surface area contributed by atoms with E-state index in [0.29, 0.717) is 12.8 Å². The number of ketones is 1. The van der Waals surface area contributed by atoms with Crippen LogP contribution in [0.5, 0.6) is 0 Å². The summed E-state index contributed by atoms with van der Waals surface area (Å²) in [6.45, 7) is 1.45. The van der Waals surface area contributed by atoms with Crippen molar-refractivity contribution in [1.82, 2.24) is 5.32 Å². The maximum absolute atomic E-state index is 12.4. The molecule has 3 nitrogen and oxygen atoms in total. The van der Waals surface area contributed by atoms with Gasteiger partial charge >= 0.3 is 0 Å². The number of carbonyl (C=O) groups is 2. The van der Waals surface area contributed by atoms with Crippen molar-refractivity contribution in [2.45, 2.75) is 30.9 Å². The van der Waals surface area contributed by atoms with Gasteiger partial charge < -0.3 is 5.32 Å². The Morgan fingerprint density at radius 3 is 2.59 bits per heavy atom. The summed E-state index contributed by atoms with van der Waals surface area (Å²) < 4.78 is 0. The lowest BCUT2D eigenvalue weighted by Crippen LogP contribution is -2.37. The molecule has 0 saturated carbocycles. The summed E-state index contributed by atoms with van der Waals surface area (Å²) in [7, 11) is 0. The van der Waals surface area contributed by atoms with Crippen LogP contribution in [0.3, 0.4) is 0 Å². The third kappa shape index (κ3) is 5.66. The van der Waals surface area contributed by atoms with Gasteiger partial charge in [0.25, 0.3) is 0 Å². The Hall–Kier alpha value is -1.59. The van der Waals surface area contributed by atoms with Crippen LogP contribution in [0.4, 0.5) is 0 Å². The summed E-state index contributed by atoms with van der Waals surface area (Å²) in [4.78, 5) is 23.7.